The topological polar surface area (TPSA) is 79.7 Å². The van der Waals surface area contributed by atoms with Crippen molar-refractivity contribution < 1.29 is 19.4 Å². The maximum absolute atomic E-state index is 12.3. The number of thiazole rings is 1. The number of likely N-dealkylation sites (tertiary alicyclic amines) is 1. The second-order valence-electron chi connectivity index (χ2n) is 9.22. The summed E-state index contributed by atoms with van der Waals surface area (Å²) < 4.78 is 5.47. The maximum atomic E-state index is 12.3. The first-order valence-corrected chi connectivity index (χ1v) is 11.9. The van der Waals surface area contributed by atoms with E-state index in [0.717, 1.165) is 34.5 Å². The van der Waals surface area contributed by atoms with Crippen molar-refractivity contribution >= 4 is 23.4 Å². The van der Waals surface area contributed by atoms with Crippen molar-refractivity contribution in [1.82, 2.24) is 9.88 Å². The number of benzene rings is 2. The third kappa shape index (κ3) is 5.83. The van der Waals surface area contributed by atoms with Gasteiger partial charge in [0.1, 0.15) is 5.60 Å². The van der Waals surface area contributed by atoms with Crippen LogP contribution in [0.5, 0.6) is 0 Å². The highest BCUT2D eigenvalue weighted by Crippen LogP contribution is 2.38. The Morgan fingerprint density at radius 1 is 0.971 bits per heavy atom. The lowest BCUT2D eigenvalue weighted by atomic mass is 9.98. The Morgan fingerprint density at radius 2 is 1.53 bits per heavy atom. The van der Waals surface area contributed by atoms with Crippen LogP contribution in [0.25, 0.3) is 21.6 Å². The quantitative estimate of drug-likeness (QED) is 0.438. The van der Waals surface area contributed by atoms with Gasteiger partial charge in [-0.2, -0.15) is 0 Å². The van der Waals surface area contributed by atoms with E-state index in [2.05, 4.69) is 4.98 Å². The zero-order chi connectivity index (χ0) is 23.6. The molecule has 1 saturated heterocycles. The molecule has 0 radical (unpaired) electrons. The molecule has 0 atom stereocenters. The number of aromatic nitrogens is 1. The number of nitrogens with zero attached hydrogens (tertiary/aromatic N) is 2. The number of carboxylic acids is 1. The van der Waals surface area contributed by atoms with Crippen LogP contribution in [-0.4, -0.2) is 45.7 Å². The number of hydrogen-bond donors (Lipinski definition) is 1. The molecule has 180 valence electrons. The van der Waals surface area contributed by atoms with Gasteiger partial charge in [-0.1, -0.05) is 62.0 Å². The Balaban J connectivity index is 0.00000324. The number of hydrogen-bond acceptors (Lipinski definition) is 5. The van der Waals surface area contributed by atoms with E-state index in [0.29, 0.717) is 18.0 Å². The van der Waals surface area contributed by atoms with Crippen molar-refractivity contribution in [3.05, 3.63) is 65.3 Å². The van der Waals surface area contributed by atoms with Crippen LogP contribution < -0.4 is 0 Å². The van der Waals surface area contributed by atoms with Crippen LogP contribution in [0.2, 0.25) is 0 Å². The Morgan fingerprint density at radius 3 is 2.09 bits per heavy atom. The van der Waals surface area contributed by atoms with Gasteiger partial charge in [0.2, 0.25) is 0 Å². The summed E-state index contributed by atoms with van der Waals surface area (Å²) in [6.45, 7) is 6.71. The average Bonchev–Trinajstić information content (AvgIpc) is 3.25. The summed E-state index contributed by atoms with van der Waals surface area (Å²) in [5, 5.41) is 10.6. The third-order valence-electron chi connectivity index (χ3n) is 5.60. The lowest BCUT2D eigenvalue weighted by Crippen LogP contribution is -2.41. The van der Waals surface area contributed by atoms with Gasteiger partial charge >= 0.3 is 12.1 Å². The molecule has 1 N–H and O–H groups in total. The van der Waals surface area contributed by atoms with Crippen molar-refractivity contribution in [3.63, 3.8) is 0 Å². The molecule has 1 amide bonds. The zero-order valence-electron chi connectivity index (χ0n) is 19.1. The fourth-order valence-corrected chi connectivity index (χ4v) is 5.16. The Hall–Kier alpha value is -3.19. The number of amides is 1. The van der Waals surface area contributed by atoms with Crippen molar-refractivity contribution in [2.45, 2.75) is 52.6 Å². The summed E-state index contributed by atoms with van der Waals surface area (Å²) in [4.78, 5) is 31.2. The molecule has 3 aromatic rings. The Bertz CT molecular complexity index is 1130. The molecule has 34 heavy (non-hydrogen) atoms. The largest absolute Gasteiger partial charge is 0.476 e. The molecule has 0 unspecified atom stereocenters. The fraction of sp³-hybridized carbons (Fsp3) is 0.370. The summed E-state index contributed by atoms with van der Waals surface area (Å²) in [6, 6.07) is 18.0. The highest BCUT2D eigenvalue weighted by atomic mass is 32.1. The van der Waals surface area contributed by atoms with Gasteiger partial charge in [0.05, 0.1) is 9.88 Å². The van der Waals surface area contributed by atoms with E-state index in [1.807, 2.05) is 75.4 Å². The molecule has 1 fully saturated rings. The number of carbonyl (C=O) groups is 2. The van der Waals surface area contributed by atoms with Crippen LogP contribution in [0.4, 0.5) is 4.79 Å². The zero-order valence-corrected chi connectivity index (χ0v) is 19.9. The number of rotatable bonds is 4. The molecule has 0 aliphatic carbocycles. The summed E-state index contributed by atoms with van der Waals surface area (Å²) in [5.41, 5.74) is 2.61. The Kier molecular flexibility index (Phi) is 7.77. The van der Waals surface area contributed by atoms with Gasteiger partial charge in [-0.15, -0.1) is 11.3 Å². The minimum atomic E-state index is -1.02. The number of aromatic carboxylic acids is 1. The van der Waals surface area contributed by atoms with Crippen molar-refractivity contribution in [2.24, 2.45) is 0 Å². The lowest BCUT2D eigenvalue weighted by molar-refractivity contribution is 0.0204. The molecule has 6 nitrogen and oxygen atoms in total. The molecular weight excluding hydrogens is 448 g/mol. The maximum Gasteiger partial charge on any atom is 0.410 e. The average molecular weight is 481 g/mol. The van der Waals surface area contributed by atoms with Gasteiger partial charge in [0, 0.05) is 19.0 Å². The van der Waals surface area contributed by atoms with Crippen molar-refractivity contribution in [1.29, 1.82) is 0 Å². The molecule has 1 aromatic heterocycles. The summed E-state index contributed by atoms with van der Waals surface area (Å²) >= 11 is 1.44. The molecule has 2 heterocycles. The van der Waals surface area contributed by atoms with Crippen LogP contribution in [0.1, 0.15) is 62.5 Å². The first kappa shape index (κ1) is 25.4. The van der Waals surface area contributed by atoms with Crippen LogP contribution in [-0.2, 0) is 4.74 Å². The van der Waals surface area contributed by atoms with Gasteiger partial charge in [0.25, 0.3) is 0 Å². The molecule has 2 aromatic carbocycles. The molecule has 1 aliphatic rings. The second kappa shape index (κ2) is 10.4. The van der Waals surface area contributed by atoms with E-state index in [1.165, 1.54) is 11.3 Å². The van der Waals surface area contributed by atoms with Crippen LogP contribution in [0.3, 0.4) is 0 Å². The lowest BCUT2D eigenvalue weighted by Gasteiger charge is -2.32. The molecule has 4 rings (SSSR count). The predicted octanol–water partition coefficient (Wildman–Crippen LogP) is 6.93. The van der Waals surface area contributed by atoms with Gasteiger partial charge in [-0.25, -0.2) is 14.6 Å². The number of carbonyl (C=O) groups excluding carboxylic acids is 1. The number of piperidine rings is 1. The smallest absolute Gasteiger partial charge is 0.410 e. The van der Waals surface area contributed by atoms with Crippen molar-refractivity contribution in [2.75, 3.05) is 13.1 Å². The normalized spacial score (nSPS) is 14.4. The second-order valence-corrected chi connectivity index (χ2v) is 10.3. The number of carboxylic acid groups (broad SMARTS) is 1. The minimum absolute atomic E-state index is 0. The van der Waals surface area contributed by atoms with E-state index in [9.17, 15) is 14.7 Å². The first-order valence-electron chi connectivity index (χ1n) is 11.1. The molecular formula is C27H32N2O4S. The highest BCUT2D eigenvalue weighted by Gasteiger charge is 2.30. The monoisotopic (exact) mass is 480 g/mol. The van der Waals surface area contributed by atoms with Crippen LogP contribution in [0.15, 0.2) is 54.6 Å². The molecule has 7 heteroatoms. The highest BCUT2D eigenvalue weighted by molar-refractivity contribution is 7.15. The minimum Gasteiger partial charge on any atom is -0.476 e. The van der Waals surface area contributed by atoms with E-state index >= 15 is 0 Å². The number of ether oxygens (including phenoxy) is 1. The molecule has 0 spiro atoms. The van der Waals surface area contributed by atoms with E-state index in [-0.39, 0.29) is 25.1 Å². The molecule has 0 saturated carbocycles. The first-order chi connectivity index (χ1) is 15.7. The molecule has 0 bridgehead atoms. The van der Waals surface area contributed by atoms with E-state index < -0.39 is 11.6 Å². The summed E-state index contributed by atoms with van der Waals surface area (Å²) in [5.74, 6) is -0.894. The van der Waals surface area contributed by atoms with Gasteiger partial charge in [0.15, 0.2) is 5.69 Å². The van der Waals surface area contributed by atoms with Gasteiger partial charge < -0.3 is 14.7 Å². The summed E-state index contributed by atoms with van der Waals surface area (Å²) in [6.07, 6.45) is 1.17. The van der Waals surface area contributed by atoms with Gasteiger partial charge in [-0.05, 0) is 50.3 Å². The van der Waals surface area contributed by atoms with E-state index in [4.69, 9.17) is 4.74 Å². The summed E-state index contributed by atoms with van der Waals surface area (Å²) in [7, 11) is 0. The SMILES string of the molecule is C.CC(C)(C)OC(=O)N1CCC(c2nc(C(=O)O)c(-c3ccc(-c4ccccc4)cc3)s2)CC1. The third-order valence-corrected chi connectivity index (χ3v) is 6.86. The van der Waals surface area contributed by atoms with Crippen LogP contribution in [0, 0.1) is 0 Å². The fourth-order valence-electron chi connectivity index (χ4n) is 3.93. The standard InChI is InChI=1S/C26H28N2O4S.CH4/c1-26(2,3)32-25(31)28-15-13-20(14-16-28)23-27-21(24(29)30)22(33-23)19-11-9-18(10-12-19)17-7-5-4-6-8-17;/h4-12,20H,13-16H2,1-3H3,(H,29,30);1H4. The Labute approximate surface area is 205 Å². The van der Waals surface area contributed by atoms with Crippen LogP contribution >= 0.6 is 11.3 Å². The van der Waals surface area contributed by atoms with Crippen molar-refractivity contribution in [3.8, 4) is 21.6 Å². The van der Waals surface area contributed by atoms with Gasteiger partial charge in [-0.3, -0.25) is 0 Å². The van der Waals surface area contributed by atoms with E-state index in [1.54, 1.807) is 4.90 Å². The predicted molar refractivity (Wildman–Crippen MR) is 136 cm³/mol. The molecule has 1 aliphatic heterocycles.